The molecular formula is C18H22O3S. The fraction of sp³-hybridized carbons (Fsp3) is 0.333. The third-order valence-electron chi connectivity index (χ3n) is 3.47. The van der Waals surface area contributed by atoms with Crippen molar-refractivity contribution in [3.8, 4) is 0 Å². The monoisotopic (exact) mass is 318 g/mol. The van der Waals surface area contributed by atoms with Crippen molar-refractivity contribution in [1.29, 1.82) is 0 Å². The van der Waals surface area contributed by atoms with Gasteiger partial charge in [-0.3, -0.25) is 0 Å². The van der Waals surface area contributed by atoms with E-state index < -0.39 is 9.84 Å². The van der Waals surface area contributed by atoms with Gasteiger partial charge in [-0.2, -0.15) is 0 Å². The van der Waals surface area contributed by atoms with E-state index >= 15 is 0 Å². The average Bonchev–Trinajstić information content (AvgIpc) is 2.53. The Morgan fingerprint density at radius 1 is 0.955 bits per heavy atom. The Kier molecular flexibility index (Phi) is 6.16. The van der Waals surface area contributed by atoms with Crippen LogP contribution in [-0.4, -0.2) is 20.8 Å². The van der Waals surface area contributed by atoms with Gasteiger partial charge in [0.2, 0.25) is 0 Å². The first-order chi connectivity index (χ1) is 10.6. The molecule has 1 atom stereocenters. The lowest BCUT2D eigenvalue weighted by Crippen LogP contribution is -2.15. The SMILES string of the molecule is CC(CCOCc1ccccc1)CS(=O)(=O)c1ccccc1. The molecule has 2 aromatic rings. The number of rotatable bonds is 8. The molecule has 0 N–H and O–H groups in total. The predicted octanol–water partition coefficient (Wildman–Crippen LogP) is 3.70. The van der Waals surface area contributed by atoms with Gasteiger partial charge in [0.05, 0.1) is 17.3 Å². The van der Waals surface area contributed by atoms with Gasteiger partial charge in [-0.25, -0.2) is 8.42 Å². The fourth-order valence-corrected chi connectivity index (χ4v) is 3.91. The number of sulfone groups is 1. The van der Waals surface area contributed by atoms with Gasteiger partial charge in [-0.05, 0) is 30.0 Å². The molecule has 0 aliphatic carbocycles. The van der Waals surface area contributed by atoms with E-state index in [2.05, 4.69) is 0 Å². The summed E-state index contributed by atoms with van der Waals surface area (Å²) < 4.78 is 30.1. The summed E-state index contributed by atoms with van der Waals surface area (Å²) in [6, 6.07) is 18.6. The van der Waals surface area contributed by atoms with Crippen molar-refractivity contribution in [2.75, 3.05) is 12.4 Å². The minimum atomic E-state index is -3.20. The van der Waals surface area contributed by atoms with Gasteiger partial charge < -0.3 is 4.74 Å². The number of ether oxygens (including phenoxy) is 1. The highest BCUT2D eigenvalue weighted by atomic mass is 32.2. The quantitative estimate of drug-likeness (QED) is 0.697. The van der Waals surface area contributed by atoms with Crippen LogP contribution in [0, 0.1) is 5.92 Å². The summed E-state index contributed by atoms with van der Waals surface area (Å²) in [6.45, 7) is 3.09. The van der Waals surface area contributed by atoms with Crippen molar-refractivity contribution >= 4 is 9.84 Å². The van der Waals surface area contributed by atoms with Gasteiger partial charge in [0, 0.05) is 6.61 Å². The second-order valence-corrected chi connectivity index (χ2v) is 7.56. The topological polar surface area (TPSA) is 43.4 Å². The van der Waals surface area contributed by atoms with Crippen LogP contribution in [0.4, 0.5) is 0 Å². The molecule has 2 rings (SSSR count). The third kappa shape index (κ3) is 5.28. The van der Waals surface area contributed by atoms with E-state index in [9.17, 15) is 8.42 Å². The van der Waals surface area contributed by atoms with Crippen molar-refractivity contribution < 1.29 is 13.2 Å². The maximum absolute atomic E-state index is 12.3. The summed E-state index contributed by atoms with van der Waals surface area (Å²) in [5.74, 6) is 0.229. The van der Waals surface area contributed by atoms with E-state index in [0.29, 0.717) is 18.1 Å². The zero-order valence-corrected chi connectivity index (χ0v) is 13.6. The Balaban J connectivity index is 1.75. The van der Waals surface area contributed by atoms with Crippen LogP contribution in [-0.2, 0) is 21.2 Å². The maximum atomic E-state index is 12.3. The van der Waals surface area contributed by atoms with Crippen molar-refractivity contribution in [1.82, 2.24) is 0 Å². The molecular weight excluding hydrogens is 296 g/mol. The van der Waals surface area contributed by atoms with Crippen LogP contribution in [0.3, 0.4) is 0 Å². The van der Waals surface area contributed by atoms with Crippen LogP contribution in [0.15, 0.2) is 65.6 Å². The summed E-state index contributed by atoms with van der Waals surface area (Å²) in [4.78, 5) is 0.395. The molecule has 0 spiro atoms. The minimum Gasteiger partial charge on any atom is -0.377 e. The maximum Gasteiger partial charge on any atom is 0.178 e. The molecule has 4 heteroatoms. The lowest BCUT2D eigenvalue weighted by molar-refractivity contribution is 0.111. The highest BCUT2D eigenvalue weighted by molar-refractivity contribution is 7.91. The van der Waals surface area contributed by atoms with E-state index in [0.717, 1.165) is 12.0 Å². The summed E-state index contributed by atoms with van der Waals surface area (Å²) in [5, 5.41) is 0. The van der Waals surface area contributed by atoms with Crippen LogP contribution in [0.5, 0.6) is 0 Å². The van der Waals surface area contributed by atoms with Crippen LogP contribution < -0.4 is 0 Å². The van der Waals surface area contributed by atoms with Crippen molar-refractivity contribution in [3.63, 3.8) is 0 Å². The molecule has 0 heterocycles. The first kappa shape index (κ1) is 16.7. The van der Waals surface area contributed by atoms with E-state index in [1.165, 1.54) is 0 Å². The van der Waals surface area contributed by atoms with Crippen LogP contribution >= 0.6 is 0 Å². The van der Waals surface area contributed by atoms with Gasteiger partial charge in [-0.1, -0.05) is 55.5 Å². The Bertz CT molecular complexity index is 651. The number of hydrogen-bond donors (Lipinski definition) is 0. The van der Waals surface area contributed by atoms with Crippen LogP contribution in [0.25, 0.3) is 0 Å². The zero-order chi connectivity index (χ0) is 15.8. The molecule has 0 aromatic heterocycles. The molecule has 0 fully saturated rings. The molecule has 2 aromatic carbocycles. The van der Waals surface area contributed by atoms with Crippen molar-refractivity contribution in [2.24, 2.45) is 5.92 Å². The highest BCUT2D eigenvalue weighted by Crippen LogP contribution is 2.15. The molecule has 0 bridgehead atoms. The van der Waals surface area contributed by atoms with Crippen molar-refractivity contribution in [3.05, 3.63) is 66.2 Å². The fourth-order valence-electron chi connectivity index (χ4n) is 2.23. The van der Waals surface area contributed by atoms with E-state index in [-0.39, 0.29) is 11.7 Å². The smallest absolute Gasteiger partial charge is 0.178 e. The van der Waals surface area contributed by atoms with Crippen LogP contribution in [0.1, 0.15) is 18.9 Å². The Morgan fingerprint density at radius 2 is 1.55 bits per heavy atom. The lowest BCUT2D eigenvalue weighted by Gasteiger charge is -2.12. The molecule has 0 aliphatic heterocycles. The summed E-state index contributed by atoms with van der Waals surface area (Å²) >= 11 is 0. The predicted molar refractivity (Wildman–Crippen MR) is 88.4 cm³/mol. The average molecular weight is 318 g/mol. The second-order valence-electron chi connectivity index (χ2n) is 5.53. The number of hydrogen-bond acceptors (Lipinski definition) is 3. The van der Waals surface area contributed by atoms with Crippen LogP contribution in [0.2, 0.25) is 0 Å². The van der Waals surface area contributed by atoms with Gasteiger partial charge in [0.15, 0.2) is 9.84 Å². The molecule has 0 amide bonds. The summed E-state index contributed by atoms with van der Waals surface area (Å²) in [7, 11) is -3.20. The van der Waals surface area contributed by atoms with E-state index in [4.69, 9.17) is 4.74 Å². The van der Waals surface area contributed by atoms with E-state index in [1.54, 1.807) is 24.3 Å². The standard InChI is InChI=1S/C18H22O3S/c1-16(12-13-21-14-17-8-4-2-5-9-17)15-22(19,20)18-10-6-3-7-11-18/h2-11,16H,12-15H2,1H3. The van der Waals surface area contributed by atoms with Gasteiger partial charge in [0.1, 0.15) is 0 Å². The normalized spacial score (nSPS) is 13.0. The largest absolute Gasteiger partial charge is 0.377 e. The van der Waals surface area contributed by atoms with Gasteiger partial charge in [-0.15, -0.1) is 0 Å². The molecule has 0 saturated carbocycles. The first-order valence-corrected chi connectivity index (χ1v) is 9.12. The second kappa shape index (κ2) is 8.11. The molecule has 22 heavy (non-hydrogen) atoms. The molecule has 0 aliphatic rings. The molecule has 3 nitrogen and oxygen atoms in total. The summed E-state index contributed by atoms with van der Waals surface area (Å²) in [5.41, 5.74) is 1.13. The Morgan fingerprint density at radius 3 is 2.18 bits per heavy atom. The van der Waals surface area contributed by atoms with Crippen molar-refractivity contribution in [2.45, 2.75) is 24.8 Å². The molecule has 0 radical (unpaired) electrons. The van der Waals surface area contributed by atoms with Gasteiger partial charge in [0.25, 0.3) is 0 Å². The third-order valence-corrected chi connectivity index (χ3v) is 5.47. The van der Waals surface area contributed by atoms with E-state index in [1.807, 2.05) is 43.3 Å². The molecule has 0 saturated heterocycles. The Labute approximate surface area is 132 Å². The van der Waals surface area contributed by atoms with Gasteiger partial charge >= 0.3 is 0 Å². The summed E-state index contributed by atoms with van der Waals surface area (Å²) in [6.07, 6.45) is 0.735. The minimum absolute atomic E-state index is 0.0704. The lowest BCUT2D eigenvalue weighted by atomic mass is 10.1. The number of benzene rings is 2. The molecule has 1 unspecified atom stereocenters. The Hall–Kier alpha value is -1.65. The molecule has 118 valence electrons. The zero-order valence-electron chi connectivity index (χ0n) is 12.8. The highest BCUT2D eigenvalue weighted by Gasteiger charge is 2.17. The first-order valence-electron chi connectivity index (χ1n) is 7.47.